The molecule has 0 saturated carbocycles. The van der Waals surface area contributed by atoms with Gasteiger partial charge in [0.05, 0.1) is 21.3 Å². The van der Waals surface area contributed by atoms with E-state index in [0.29, 0.717) is 0 Å². The van der Waals surface area contributed by atoms with Crippen molar-refractivity contribution < 1.29 is 0 Å². The van der Waals surface area contributed by atoms with Crippen molar-refractivity contribution in [2.24, 2.45) is 5.73 Å². The topological polar surface area (TPSA) is 67.6 Å². The lowest BCUT2D eigenvalue weighted by molar-refractivity contribution is 0.760. The molecule has 0 aliphatic heterocycles. The molecule has 0 aliphatic rings. The SMILES string of the molecule is CC(N)c1nc2c(I)cncc2[nH]1. The molecule has 0 amide bonds. The van der Waals surface area contributed by atoms with Crippen molar-refractivity contribution in [3.05, 3.63) is 21.8 Å². The number of fused-ring (bicyclic) bond motifs is 1. The van der Waals surface area contributed by atoms with Gasteiger partial charge in [0, 0.05) is 6.20 Å². The molecule has 4 nitrogen and oxygen atoms in total. The van der Waals surface area contributed by atoms with Gasteiger partial charge in [-0.3, -0.25) is 4.98 Å². The number of halogens is 1. The summed E-state index contributed by atoms with van der Waals surface area (Å²) in [4.78, 5) is 11.6. The lowest BCUT2D eigenvalue weighted by Crippen LogP contribution is -2.06. The summed E-state index contributed by atoms with van der Waals surface area (Å²) in [5.41, 5.74) is 7.60. The van der Waals surface area contributed by atoms with E-state index in [9.17, 15) is 0 Å². The van der Waals surface area contributed by atoms with Crippen molar-refractivity contribution in [1.82, 2.24) is 15.0 Å². The number of imidazole rings is 1. The predicted molar refractivity (Wildman–Crippen MR) is 59.2 cm³/mol. The highest BCUT2D eigenvalue weighted by Crippen LogP contribution is 2.18. The van der Waals surface area contributed by atoms with Gasteiger partial charge in [0.25, 0.3) is 0 Å². The Morgan fingerprint density at radius 3 is 2.92 bits per heavy atom. The fourth-order valence-electron chi connectivity index (χ4n) is 1.14. The zero-order valence-electron chi connectivity index (χ0n) is 7.08. The number of hydrogen-bond donors (Lipinski definition) is 2. The molecule has 0 aromatic carbocycles. The van der Waals surface area contributed by atoms with Gasteiger partial charge in [-0.25, -0.2) is 4.98 Å². The first kappa shape index (κ1) is 8.89. The van der Waals surface area contributed by atoms with E-state index in [1.807, 2.05) is 6.92 Å². The number of nitrogens with zero attached hydrogens (tertiary/aromatic N) is 2. The number of nitrogens with two attached hydrogens (primary N) is 1. The number of hydrogen-bond acceptors (Lipinski definition) is 3. The Hall–Kier alpha value is -0.690. The zero-order chi connectivity index (χ0) is 9.42. The van der Waals surface area contributed by atoms with E-state index in [2.05, 4.69) is 37.5 Å². The summed E-state index contributed by atoms with van der Waals surface area (Å²) in [6.45, 7) is 1.90. The van der Waals surface area contributed by atoms with E-state index >= 15 is 0 Å². The highest BCUT2D eigenvalue weighted by atomic mass is 127. The molecule has 2 heterocycles. The summed E-state index contributed by atoms with van der Waals surface area (Å²) >= 11 is 2.21. The van der Waals surface area contributed by atoms with Crippen LogP contribution in [0.4, 0.5) is 0 Å². The molecule has 1 atom stereocenters. The van der Waals surface area contributed by atoms with Crippen LogP contribution in [0.2, 0.25) is 0 Å². The molecule has 0 fully saturated rings. The minimum atomic E-state index is -0.0665. The van der Waals surface area contributed by atoms with E-state index in [1.54, 1.807) is 12.4 Å². The van der Waals surface area contributed by atoms with Gasteiger partial charge in [-0.1, -0.05) is 0 Å². The van der Waals surface area contributed by atoms with Gasteiger partial charge in [0.15, 0.2) is 0 Å². The van der Waals surface area contributed by atoms with E-state index in [0.717, 1.165) is 20.4 Å². The maximum absolute atomic E-state index is 5.71. The van der Waals surface area contributed by atoms with Crippen LogP contribution in [0, 0.1) is 3.57 Å². The fourth-order valence-corrected chi connectivity index (χ4v) is 1.71. The standard InChI is InChI=1S/C8H9IN4/c1-4(10)8-12-6-3-11-2-5(9)7(6)13-8/h2-4H,10H2,1H3,(H,12,13). The van der Waals surface area contributed by atoms with Crippen LogP contribution in [-0.4, -0.2) is 15.0 Å². The second-order valence-electron chi connectivity index (χ2n) is 2.93. The number of aromatic nitrogens is 3. The number of aromatic amines is 1. The number of H-pyrrole nitrogens is 1. The van der Waals surface area contributed by atoms with Gasteiger partial charge in [-0.15, -0.1) is 0 Å². The third-order valence-electron chi connectivity index (χ3n) is 1.80. The average molecular weight is 288 g/mol. The van der Waals surface area contributed by atoms with E-state index in [-0.39, 0.29) is 6.04 Å². The monoisotopic (exact) mass is 288 g/mol. The molecule has 0 saturated heterocycles. The first-order valence-electron chi connectivity index (χ1n) is 3.93. The molecule has 2 aromatic heterocycles. The maximum atomic E-state index is 5.71. The van der Waals surface area contributed by atoms with Gasteiger partial charge in [-0.2, -0.15) is 0 Å². The molecule has 5 heteroatoms. The number of nitrogens with one attached hydrogen (secondary N) is 1. The number of rotatable bonds is 1. The van der Waals surface area contributed by atoms with Crippen molar-refractivity contribution in [2.75, 3.05) is 0 Å². The quantitative estimate of drug-likeness (QED) is 0.783. The highest BCUT2D eigenvalue weighted by Gasteiger charge is 2.08. The lowest BCUT2D eigenvalue weighted by atomic mass is 10.3. The first-order valence-corrected chi connectivity index (χ1v) is 5.01. The van der Waals surface area contributed by atoms with Gasteiger partial charge in [-0.05, 0) is 29.5 Å². The molecule has 2 rings (SSSR count). The third-order valence-corrected chi connectivity index (χ3v) is 2.59. The lowest BCUT2D eigenvalue weighted by Gasteiger charge is -1.96. The Morgan fingerprint density at radius 2 is 2.31 bits per heavy atom. The summed E-state index contributed by atoms with van der Waals surface area (Å²) in [6.07, 6.45) is 3.55. The molecule has 0 spiro atoms. The Labute approximate surface area is 89.1 Å². The Morgan fingerprint density at radius 1 is 1.54 bits per heavy atom. The summed E-state index contributed by atoms with van der Waals surface area (Å²) < 4.78 is 1.04. The van der Waals surface area contributed by atoms with Crippen molar-refractivity contribution in [3.63, 3.8) is 0 Å². The largest absolute Gasteiger partial charge is 0.339 e. The van der Waals surface area contributed by atoms with Crippen LogP contribution < -0.4 is 5.73 Å². The second-order valence-corrected chi connectivity index (χ2v) is 4.09. The van der Waals surface area contributed by atoms with Crippen LogP contribution in [0.1, 0.15) is 18.8 Å². The van der Waals surface area contributed by atoms with Gasteiger partial charge in [0.2, 0.25) is 0 Å². The van der Waals surface area contributed by atoms with Gasteiger partial charge in [0.1, 0.15) is 11.3 Å². The zero-order valence-corrected chi connectivity index (χ0v) is 9.24. The van der Waals surface area contributed by atoms with E-state index in [1.165, 1.54) is 0 Å². The van der Waals surface area contributed by atoms with Crippen LogP contribution in [0.25, 0.3) is 11.0 Å². The van der Waals surface area contributed by atoms with Crippen LogP contribution in [-0.2, 0) is 0 Å². The Kier molecular flexibility index (Phi) is 2.20. The predicted octanol–water partition coefficient (Wildman–Crippen LogP) is 1.58. The summed E-state index contributed by atoms with van der Waals surface area (Å²) in [5, 5.41) is 0. The maximum Gasteiger partial charge on any atom is 0.124 e. The first-order chi connectivity index (χ1) is 6.18. The smallest absolute Gasteiger partial charge is 0.124 e. The van der Waals surface area contributed by atoms with Crippen molar-refractivity contribution in [1.29, 1.82) is 0 Å². The minimum Gasteiger partial charge on any atom is -0.339 e. The summed E-state index contributed by atoms with van der Waals surface area (Å²) in [6, 6.07) is -0.0665. The molecular weight excluding hydrogens is 279 g/mol. The summed E-state index contributed by atoms with van der Waals surface area (Å²) in [7, 11) is 0. The Bertz CT molecular complexity index is 435. The molecule has 0 aliphatic carbocycles. The van der Waals surface area contributed by atoms with Crippen molar-refractivity contribution >= 4 is 33.6 Å². The van der Waals surface area contributed by atoms with Crippen molar-refractivity contribution in [3.8, 4) is 0 Å². The third kappa shape index (κ3) is 1.53. The van der Waals surface area contributed by atoms with Gasteiger partial charge < -0.3 is 10.7 Å². The van der Waals surface area contributed by atoms with Crippen LogP contribution in [0.15, 0.2) is 12.4 Å². The van der Waals surface area contributed by atoms with E-state index in [4.69, 9.17) is 5.73 Å². The molecular formula is C8H9IN4. The normalized spacial score (nSPS) is 13.5. The second kappa shape index (κ2) is 3.22. The van der Waals surface area contributed by atoms with Crippen molar-refractivity contribution in [2.45, 2.75) is 13.0 Å². The number of pyridine rings is 1. The average Bonchev–Trinajstić information content (AvgIpc) is 2.49. The molecule has 1 unspecified atom stereocenters. The van der Waals surface area contributed by atoms with Gasteiger partial charge >= 0.3 is 0 Å². The van der Waals surface area contributed by atoms with Crippen LogP contribution in [0.3, 0.4) is 0 Å². The molecule has 0 radical (unpaired) electrons. The van der Waals surface area contributed by atoms with Crippen LogP contribution in [0.5, 0.6) is 0 Å². The summed E-state index contributed by atoms with van der Waals surface area (Å²) in [5.74, 6) is 0.806. The van der Waals surface area contributed by atoms with Crippen LogP contribution >= 0.6 is 22.6 Å². The molecule has 68 valence electrons. The molecule has 3 N–H and O–H groups in total. The van der Waals surface area contributed by atoms with E-state index < -0.39 is 0 Å². The Balaban J connectivity index is 2.68. The molecule has 2 aromatic rings. The molecule has 13 heavy (non-hydrogen) atoms. The highest BCUT2D eigenvalue weighted by molar-refractivity contribution is 14.1. The molecule has 0 bridgehead atoms. The fraction of sp³-hybridized carbons (Fsp3) is 0.250. The minimum absolute atomic E-state index is 0.0665.